The maximum atomic E-state index is 13.7. The number of anilines is 1. The number of hydrogen-bond acceptors (Lipinski definition) is 7. The Morgan fingerprint density at radius 2 is 1.86 bits per heavy atom. The smallest absolute Gasteiger partial charge is 0.338 e. The van der Waals surface area contributed by atoms with Gasteiger partial charge in [0.05, 0.1) is 41.7 Å². The van der Waals surface area contributed by atoms with E-state index >= 15 is 0 Å². The standard InChI is InChI=1S/C27H26FN3O4S/c1-3-35-26(33)23-17(2)29-27-31(24(23)19-6-8-20(28)9-7-19)25(32)22(36-27)16-18-4-10-21(11-5-18)30-12-14-34-15-13-30/h4-11,16,24H,3,12-15H2,1-2H3/b22-16-. The molecule has 1 saturated heterocycles. The number of rotatable bonds is 5. The summed E-state index contributed by atoms with van der Waals surface area (Å²) in [4.78, 5) is 33.8. The fourth-order valence-corrected chi connectivity index (χ4v) is 5.55. The lowest BCUT2D eigenvalue weighted by molar-refractivity contribution is -0.139. The molecule has 1 unspecified atom stereocenters. The first-order valence-corrected chi connectivity index (χ1v) is 12.7. The number of hydrogen-bond donors (Lipinski definition) is 0. The van der Waals surface area contributed by atoms with Gasteiger partial charge in [-0.2, -0.15) is 0 Å². The highest BCUT2D eigenvalue weighted by molar-refractivity contribution is 7.07. The topological polar surface area (TPSA) is 73.1 Å². The van der Waals surface area contributed by atoms with Crippen molar-refractivity contribution in [3.05, 3.63) is 96.4 Å². The molecule has 1 atom stereocenters. The molecule has 0 N–H and O–H groups in total. The molecular formula is C27H26FN3O4S. The number of nitrogens with zero attached hydrogens (tertiary/aromatic N) is 3. The van der Waals surface area contributed by atoms with E-state index < -0.39 is 17.8 Å². The Balaban J connectivity index is 1.58. The van der Waals surface area contributed by atoms with Gasteiger partial charge < -0.3 is 14.4 Å². The number of aromatic nitrogens is 1. The molecule has 5 rings (SSSR count). The summed E-state index contributed by atoms with van der Waals surface area (Å²) in [5, 5.41) is 0. The number of carbonyl (C=O) groups excluding carboxylic acids is 1. The van der Waals surface area contributed by atoms with Gasteiger partial charge in [0, 0.05) is 18.8 Å². The summed E-state index contributed by atoms with van der Waals surface area (Å²) in [5.74, 6) is -0.939. The second-order valence-electron chi connectivity index (χ2n) is 8.54. The molecule has 9 heteroatoms. The number of fused-ring (bicyclic) bond motifs is 1. The minimum absolute atomic E-state index is 0.191. The van der Waals surface area contributed by atoms with Crippen LogP contribution in [0.25, 0.3) is 6.08 Å². The van der Waals surface area contributed by atoms with Gasteiger partial charge in [-0.15, -0.1) is 0 Å². The van der Waals surface area contributed by atoms with Crippen molar-refractivity contribution in [3.8, 4) is 0 Å². The highest BCUT2D eigenvalue weighted by Crippen LogP contribution is 2.30. The van der Waals surface area contributed by atoms with Crippen LogP contribution in [-0.4, -0.2) is 43.4 Å². The number of carbonyl (C=O) groups is 1. The molecule has 0 bridgehead atoms. The van der Waals surface area contributed by atoms with E-state index in [1.807, 2.05) is 30.3 Å². The summed E-state index contributed by atoms with van der Waals surface area (Å²) in [5.41, 5.74) is 3.10. The van der Waals surface area contributed by atoms with E-state index in [2.05, 4.69) is 9.89 Å². The van der Waals surface area contributed by atoms with Crippen LogP contribution in [0.2, 0.25) is 0 Å². The van der Waals surface area contributed by atoms with E-state index in [0.29, 0.717) is 33.8 Å². The maximum Gasteiger partial charge on any atom is 0.338 e. The molecule has 1 aromatic heterocycles. The van der Waals surface area contributed by atoms with E-state index in [1.165, 1.54) is 28.0 Å². The minimum atomic E-state index is -0.758. The van der Waals surface area contributed by atoms with Crippen LogP contribution >= 0.6 is 11.3 Å². The summed E-state index contributed by atoms with van der Waals surface area (Å²) in [7, 11) is 0. The molecule has 0 radical (unpaired) electrons. The normalized spacial score (nSPS) is 18.1. The molecule has 0 spiro atoms. The number of ether oxygens (including phenoxy) is 2. The molecule has 2 aliphatic heterocycles. The van der Waals surface area contributed by atoms with Gasteiger partial charge in [-0.3, -0.25) is 9.36 Å². The Morgan fingerprint density at radius 1 is 1.17 bits per heavy atom. The molecule has 36 heavy (non-hydrogen) atoms. The van der Waals surface area contributed by atoms with Gasteiger partial charge in [0.15, 0.2) is 4.80 Å². The lowest BCUT2D eigenvalue weighted by Crippen LogP contribution is -2.39. The van der Waals surface area contributed by atoms with Crippen molar-refractivity contribution in [2.45, 2.75) is 19.9 Å². The van der Waals surface area contributed by atoms with Gasteiger partial charge >= 0.3 is 5.97 Å². The summed E-state index contributed by atoms with van der Waals surface area (Å²) in [6, 6.07) is 13.1. The Kier molecular flexibility index (Phi) is 6.84. The summed E-state index contributed by atoms with van der Waals surface area (Å²) in [6.45, 7) is 6.77. The van der Waals surface area contributed by atoms with E-state index in [-0.39, 0.29) is 17.7 Å². The molecule has 3 aromatic rings. The van der Waals surface area contributed by atoms with E-state index in [4.69, 9.17) is 9.47 Å². The summed E-state index contributed by atoms with van der Waals surface area (Å²) < 4.78 is 26.4. The third-order valence-electron chi connectivity index (χ3n) is 6.27. The molecule has 3 heterocycles. The van der Waals surface area contributed by atoms with Gasteiger partial charge in [0.2, 0.25) is 0 Å². The Morgan fingerprint density at radius 3 is 2.53 bits per heavy atom. The summed E-state index contributed by atoms with van der Waals surface area (Å²) in [6.07, 6.45) is 1.83. The van der Waals surface area contributed by atoms with Crippen LogP contribution in [0.4, 0.5) is 10.1 Å². The van der Waals surface area contributed by atoms with Crippen LogP contribution in [0.1, 0.15) is 31.0 Å². The van der Waals surface area contributed by atoms with Crippen LogP contribution in [-0.2, 0) is 14.3 Å². The Bertz CT molecular complexity index is 1480. The van der Waals surface area contributed by atoms with Crippen LogP contribution in [0.3, 0.4) is 0 Å². The highest BCUT2D eigenvalue weighted by atomic mass is 32.1. The third-order valence-corrected chi connectivity index (χ3v) is 7.25. The number of esters is 1. The first-order chi connectivity index (χ1) is 17.5. The fourth-order valence-electron chi connectivity index (χ4n) is 4.51. The molecule has 7 nitrogen and oxygen atoms in total. The van der Waals surface area contributed by atoms with Crippen LogP contribution < -0.4 is 19.8 Å². The maximum absolute atomic E-state index is 13.7. The zero-order valence-electron chi connectivity index (χ0n) is 20.1. The van der Waals surface area contributed by atoms with E-state index in [1.54, 1.807) is 26.0 Å². The zero-order chi connectivity index (χ0) is 25.2. The van der Waals surface area contributed by atoms with Crippen molar-refractivity contribution in [1.82, 2.24) is 4.57 Å². The highest BCUT2D eigenvalue weighted by Gasteiger charge is 2.33. The van der Waals surface area contributed by atoms with Crippen molar-refractivity contribution in [3.63, 3.8) is 0 Å². The van der Waals surface area contributed by atoms with Gasteiger partial charge in [-0.1, -0.05) is 35.6 Å². The first-order valence-electron chi connectivity index (χ1n) is 11.8. The molecule has 2 aromatic carbocycles. The Labute approximate surface area is 211 Å². The molecular weight excluding hydrogens is 481 g/mol. The van der Waals surface area contributed by atoms with Gasteiger partial charge in [0.1, 0.15) is 5.82 Å². The van der Waals surface area contributed by atoms with Crippen molar-refractivity contribution >= 4 is 29.1 Å². The lowest BCUT2D eigenvalue weighted by atomic mass is 9.96. The number of allylic oxidation sites excluding steroid dienone is 1. The third kappa shape index (κ3) is 4.64. The predicted octanol–water partition coefficient (Wildman–Crippen LogP) is 2.77. The molecule has 1 fully saturated rings. The molecule has 0 amide bonds. The fraction of sp³-hybridized carbons (Fsp3) is 0.296. The quantitative estimate of drug-likeness (QED) is 0.497. The number of benzene rings is 2. The van der Waals surface area contributed by atoms with Crippen molar-refractivity contribution in [2.75, 3.05) is 37.8 Å². The summed E-state index contributed by atoms with van der Waals surface area (Å²) >= 11 is 1.26. The molecule has 2 aliphatic rings. The monoisotopic (exact) mass is 507 g/mol. The van der Waals surface area contributed by atoms with Gasteiger partial charge in [0.25, 0.3) is 5.56 Å². The average Bonchev–Trinajstić information content (AvgIpc) is 3.19. The van der Waals surface area contributed by atoms with Crippen LogP contribution in [0, 0.1) is 5.82 Å². The number of thiazole rings is 1. The van der Waals surface area contributed by atoms with E-state index in [9.17, 15) is 14.0 Å². The molecule has 0 saturated carbocycles. The second-order valence-corrected chi connectivity index (χ2v) is 9.55. The zero-order valence-corrected chi connectivity index (χ0v) is 20.9. The minimum Gasteiger partial charge on any atom is -0.463 e. The van der Waals surface area contributed by atoms with E-state index in [0.717, 1.165) is 24.3 Å². The number of morpholine rings is 1. The Hall–Kier alpha value is -3.56. The van der Waals surface area contributed by atoms with Crippen molar-refractivity contribution in [2.24, 2.45) is 4.99 Å². The predicted molar refractivity (Wildman–Crippen MR) is 136 cm³/mol. The van der Waals surface area contributed by atoms with Crippen LogP contribution in [0.5, 0.6) is 0 Å². The van der Waals surface area contributed by atoms with Crippen molar-refractivity contribution in [1.29, 1.82) is 0 Å². The van der Waals surface area contributed by atoms with Crippen LogP contribution in [0.15, 0.2) is 69.6 Å². The second kappa shape index (κ2) is 10.2. The van der Waals surface area contributed by atoms with Gasteiger partial charge in [-0.05, 0) is 55.3 Å². The first kappa shape index (κ1) is 24.1. The average molecular weight is 508 g/mol. The largest absolute Gasteiger partial charge is 0.463 e. The number of halogens is 1. The lowest BCUT2D eigenvalue weighted by Gasteiger charge is -2.28. The van der Waals surface area contributed by atoms with Gasteiger partial charge in [-0.25, -0.2) is 14.2 Å². The molecule has 0 aliphatic carbocycles. The SMILES string of the molecule is CCOC(=O)C1=C(C)N=c2s/c(=C\c3ccc(N4CCOCC4)cc3)c(=O)n2C1c1ccc(F)cc1. The van der Waals surface area contributed by atoms with Crippen molar-refractivity contribution < 1.29 is 18.7 Å². The molecule has 186 valence electrons.